The first-order valence-electron chi connectivity index (χ1n) is 11.3. The minimum atomic E-state index is -3.36. The van der Waals surface area contributed by atoms with Gasteiger partial charge in [0, 0.05) is 6.26 Å². The lowest BCUT2D eigenvalue weighted by Crippen LogP contribution is -2.29. The summed E-state index contributed by atoms with van der Waals surface area (Å²) >= 11 is 0. The van der Waals surface area contributed by atoms with E-state index >= 15 is 0 Å². The number of hydrogen-bond acceptors (Lipinski definition) is 6. The van der Waals surface area contributed by atoms with E-state index in [2.05, 4.69) is 0 Å². The number of halogens is 1. The first-order chi connectivity index (χ1) is 16.8. The maximum Gasteiger partial charge on any atom is 0.318 e. The Bertz CT molecular complexity index is 1310. The van der Waals surface area contributed by atoms with Crippen molar-refractivity contribution in [3.05, 3.63) is 101 Å². The van der Waals surface area contributed by atoms with E-state index in [4.69, 9.17) is 14.5 Å². The minimum Gasteiger partial charge on any atom is -0.469 e. The van der Waals surface area contributed by atoms with Gasteiger partial charge in [-0.2, -0.15) is 0 Å². The Hall–Kier alpha value is -3.52. The smallest absolute Gasteiger partial charge is 0.318 e. The summed E-state index contributed by atoms with van der Waals surface area (Å²) in [5.74, 6) is -1.35. The Balaban J connectivity index is 1.72. The quantitative estimate of drug-likeness (QED) is 0.417. The van der Waals surface area contributed by atoms with E-state index in [0.717, 1.165) is 11.8 Å². The molecule has 1 heterocycles. The number of hydrogen-bond donors (Lipinski definition) is 0. The van der Waals surface area contributed by atoms with Crippen LogP contribution < -0.4 is 0 Å². The van der Waals surface area contributed by atoms with Crippen LogP contribution in [0.3, 0.4) is 0 Å². The minimum absolute atomic E-state index is 0.187. The summed E-state index contributed by atoms with van der Waals surface area (Å²) in [6.45, 7) is 1.96. The van der Waals surface area contributed by atoms with Crippen LogP contribution in [0.4, 0.5) is 4.39 Å². The lowest BCUT2D eigenvalue weighted by molar-refractivity contribution is -0.146. The highest BCUT2D eigenvalue weighted by atomic mass is 32.2. The number of nitrogens with zero attached hydrogens (tertiary/aromatic N) is 1. The van der Waals surface area contributed by atoms with E-state index in [1.807, 2.05) is 30.3 Å². The van der Waals surface area contributed by atoms with Gasteiger partial charge in [0.05, 0.1) is 11.5 Å². The van der Waals surface area contributed by atoms with Crippen molar-refractivity contribution in [2.45, 2.75) is 30.4 Å². The number of esters is 1. The van der Waals surface area contributed by atoms with Crippen molar-refractivity contribution in [2.24, 2.45) is 10.9 Å². The van der Waals surface area contributed by atoms with Crippen LogP contribution in [-0.2, 0) is 30.5 Å². The van der Waals surface area contributed by atoms with Gasteiger partial charge in [-0.15, -0.1) is 0 Å². The summed E-state index contributed by atoms with van der Waals surface area (Å²) in [5.41, 5.74) is 2.32. The molecule has 0 aromatic heterocycles. The van der Waals surface area contributed by atoms with E-state index in [-0.39, 0.29) is 23.2 Å². The first-order valence-corrected chi connectivity index (χ1v) is 13.2. The molecule has 0 bridgehead atoms. The van der Waals surface area contributed by atoms with E-state index in [9.17, 15) is 17.6 Å². The summed E-state index contributed by atoms with van der Waals surface area (Å²) in [5, 5.41) is 0. The van der Waals surface area contributed by atoms with Gasteiger partial charge in [-0.25, -0.2) is 17.8 Å². The van der Waals surface area contributed by atoms with E-state index < -0.39 is 33.9 Å². The Morgan fingerprint density at radius 3 is 2.23 bits per heavy atom. The van der Waals surface area contributed by atoms with Crippen LogP contribution in [0.5, 0.6) is 0 Å². The zero-order valence-electron chi connectivity index (χ0n) is 19.4. The van der Waals surface area contributed by atoms with Crippen LogP contribution in [0.25, 0.3) is 0 Å². The molecular weight excluding hydrogens is 469 g/mol. The largest absolute Gasteiger partial charge is 0.469 e. The first kappa shape index (κ1) is 24.6. The lowest BCUT2D eigenvalue weighted by Gasteiger charge is -2.20. The van der Waals surface area contributed by atoms with E-state index in [1.165, 1.54) is 24.3 Å². The number of aliphatic imine (C=N–C) groups is 1. The molecule has 0 radical (unpaired) electrons. The molecule has 6 nitrogen and oxygen atoms in total. The van der Waals surface area contributed by atoms with Crippen LogP contribution in [-0.4, -0.2) is 33.1 Å². The monoisotopic (exact) mass is 495 g/mol. The molecule has 0 saturated carbocycles. The molecule has 35 heavy (non-hydrogen) atoms. The predicted molar refractivity (Wildman–Crippen MR) is 130 cm³/mol. The SMILES string of the molecule is CCOC(=O)C(Cc1ccccc1)C1=NC(c2ccc(F)cc2)C(c2ccc(S(C)(=O)=O)cc2)O1. The molecule has 3 aromatic carbocycles. The number of sulfone groups is 1. The maximum atomic E-state index is 13.6. The van der Waals surface area contributed by atoms with Crippen LogP contribution in [0.2, 0.25) is 0 Å². The third kappa shape index (κ3) is 5.77. The molecule has 3 atom stereocenters. The zero-order chi connectivity index (χ0) is 25.0. The molecule has 0 fully saturated rings. The molecule has 0 amide bonds. The fraction of sp³-hybridized carbons (Fsp3) is 0.259. The van der Waals surface area contributed by atoms with Gasteiger partial charge in [0.25, 0.3) is 0 Å². The molecule has 8 heteroatoms. The van der Waals surface area contributed by atoms with Crippen molar-refractivity contribution in [1.29, 1.82) is 0 Å². The van der Waals surface area contributed by atoms with Crippen molar-refractivity contribution >= 4 is 21.7 Å². The number of benzene rings is 3. The van der Waals surface area contributed by atoms with Gasteiger partial charge >= 0.3 is 5.97 Å². The van der Waals surface area contributed by atoms with Gasteiger partial charge in [-0.3, -0.25) is 4.79 Å². The van der Waals surface area contributed by atoms with Crippen molar-refractivity contribution in [3.63, 3.8) is 0 Å². The second-order valence-corrected chi connectivity index (χ2v) is 10.4. The highest BCUT2D eigenvalue weighted by Gasteiger charge is 2.39. The lowest BCUT2D eigenvalue weighted by atomic mass is 9.97. The normalized spacial score (nSPS) is 18.4. The Kier molecular flexibility index (Phi) is 7.31. The molecule has 182 valence electrons. The Morgan fingerprint density at radius 1 is 1.00 bits per heavy atom. The molecule has 0 N–H and O–H groups in total. The number of ether oxygens (including phenoxy) is 2. The summed E-state index contributed by atoms with van der Waals surface area (Å²) in [7, 11) is -3.36. The highest BCUT2D eigenvalue weighted by molar-refractivity contribution is 7.90. The van der Waals surface area contributed by atoms with Crippen molar-refractivity contribution in [1.82, 2.24) is 0 Å². The molecule has 4 rings (SSSR count). The summed E-state index contributed by atoms with van der Waals surface area (Å²) in [4.78, 5) is 17.9. The molecule has 1 aliphatic heterocycles. The van der Waals surface area contributed by atoms with Crippen molar-refractivity contribution < 1.29 is 27.1 Å². The van der Waals surface area contributed by atoms with Gasteiger partial charge in [0.2, 0.25) is 0 Å². The van der Waals surface area contributed by atoms with Gasteiger partial charge in [0.15, 0.2) is 21.8 Å². The molecule has 1 aliphatic rings. The van der Waals surface area contributed by atoms with Crippen LogP contribution in [0.15, 0.2) is 88.8 Å². The topological polar surface area (TPSA) is 82.0 Å². The fourth-order valence-corrected chi connectivity index (χ4v) is 4.66. The third-order valence-corrected chi connectivity index (χ3v) is 6.93. The van der Waals surface area contributed by atoms with Crippen LogP contribution >= 0.6 is 0 Å². The molecule has 0 aliphatic carbocycles. The zero-order valence-corrected chi connectivity index (χ0v) is 20.2. The standard InChI is InChI=1S/C27H26FNO5S/c1-3-33-27(30)23(17-18-7-5-4-6-8-18)26-29-24(19-9-13-21(28)14-10-19)25(34-26)20-11-15-22(16-12-20)35(2,31)32/h4-16,23-25H,3,17H2,1-2H3. The van der Waals surface area contributed by atoms with Crippen LogP contribution in [0.1, 0.15) is 35.8 Å². The van der Waals surface area contributed by atoms with E-state index in [0.29, 0.717) is 17.5 Å². The maximum absolute atomic E-state index is 13.6. The highest BCUT2D eigenvalue weighted by Crippen LogP contribution is 2.42. The molecular formula is C27H26FNO5S. The van der Waals surface area contributed by atoms with Gasteiger partial charge < -0.3 is 9.47 Å². The predicted octanol–water partition coefficient (Wildman–Crippen LogP) is 4.86. The second-order valence-electron chi connectivity index (χ2n) is 8.34. The average molecular weight is 496 g/mol. The Labute approximate surface area is 204 Å². The summed E-state index contributed by atoms with van der Waals surface area (Å²) in [6.07, 6.45) is 0.857. The molecule has 3 aromatic rings. The second kappa shape index (κ2) is 10.4. The molecule has 0 saturated heterocycles. The van der Waals surface area contributed by atoms with E-state index in [1.54, 1.807) is 31.2 Å². The van der Waals surface area contributed by atoms with Crippen molar-refractivity contribution in [3.8, 4) is 0 Å². The van der Waals surface area contributed by atoms with Gasteiger partial charge in [0.1, 0.15) is 17.8 Å². The summed E-state index contributed by atoms with van der Waals surface area (Å²) < 4.78 is 49.0. The fourth-order valence-electron chi connectivity index (χ4n) is 4.03. The number of rotatable bonds is 8. The number of carbonyl (C=O) groups is 1. The van der Waals surface area contributed by atoms with Crippen LogP contribution in [0, 0.1) is 11.7 Å². The average Bonchev–Trinajstić information content (AvgIpc) is 3.28. The number of carbonyl (C=O) groups excluding carboxylic acids is 1. The van der Waals surface area contributed by atoms with Gasteiger partial charge in [-0.1, -0.05) is 54.6 Å². The van der Waals surface area contributed by atoms with Gasteiger partial charge in [-0.05, 0) is 54.3 Å². The summed E-state index contributed by atoms with van der Waals surface area (Å²) in [6, 6.07) is 21.3. The third-order valence-electron chi connectivity index (χ3n) is 5.80. The van der Waals surface area contributed by atoms with Crippen molar-refractivity contribution in [2.75, 3.05) is 12.9 Å². The Morgan fingerprint density at radius 2 is 1.63 bits per heavy atom. The molecule has 0 spiro atoms. The molecule has 3 unspecified atom stereocenters.